The lowest BCUT2D eigenvalue weighted by Gasteiger charge is -2.33. The van der Waals surface area contributed by atoms with Crippen molar-refractivity contribution in [2.24, 2.45) is 11.3 Å². The fourth-order valence-electron chi connectivity index (χ4n) is 5.05. The summed E-state index contributed by atoms with van der Waals surface area (Å²) in [5.74, 6) is -1.59. The molecule has 2 amide bonds. The number of halogens is 1. The Morgan fingerprint density at radius 1 is 1.15 bits per heavy atom. The lowest BCUT2D eigenvalue weighted by atomic mass is 9.92. The first-order valence-electron chi connectivity index (χ1n) is 13.3. The molecule has 4 rings (SSSR count). The minimum Gasteiger partial charge on any atom is -0.493 e. The van der Waals surface area contributed by atoms with E-state index in [0.717, 1.165) is 0 Å². The molecule has 2 heterocycles. The number of carboxylic acid groups (broad SMARTS) is 1. The maximum Gasteiger partial charge on any atom is 0.310 e. The van der Waals surface area contributed by atoms with E-state index in [2.05, 4.69) is 0 Å². The molecule has 0 bridgehead atoms. The van der Waals surface area contributed by atoms with Gasteiger partial charge in [0.15, 0.2) is 11.5 Å². The first kappa shape index (κ1) is 30.4. The molecule has 2 aromatic rings. The summed E-state index contributed by atoms with van der Waals surface area (Å²) in [5.41, 5.74) is 1.03. The predicted molar refractivity (Wildman–Crippen MR) is 152 cm³/mol. The second kappa shape index (κ2) is 12.5. The van der Waals surface area contributed by atoms with E-state index in [1.165, 1.54) is 31.4 Å². The molecule has 3 atom stereocenters. The SMILES string of the molecule is COc1cccc([C@H]2O[C@H](CC(=O)N3C=CC(C(=O)O)CC3)C(=O)N(CC(C)(C)CO)c3ccc(Cl)cc32)c1OC. The monoisotopic (exact) mass is 586 g/mol. The lowest BCUT2D eigenvalue weighted by molar-refractivity contribution is -0.143. The highest BCUT2D eigenvalue weighted by Gasteiger charge is 2.41. The summed E-state index contributed by atoms with van der Waals surface area (Å²) < 4.78 is 17.7. The summed E-state index contributed by atoms with van der Waals surface area (Å²) >= 11 is 6.45. The van der Waals surface area contributed by atoms with Gasteiger partial charge in [0.05, 0.1) is 26.6 Å². The zero-order valence-electron chi connectivity index (χ0n) is 23.5. The molecule has 2 aliphatic rings. The van der Waals surface area contributed by atoms with Gasteiger partial charge in [0.1, 0.15) is 12.2 Å². The number of para-hydroxylation sites is 1. The molecule has 220 valence electrons. The Morgan fingerprint density at radius 2 is 1.90 bits per heavy atom. The maximum atomic E-state index is 14.2. The molecular formula is C30H35ClN2O8. The van der Waals surface area contributed by atoms with Crippen molar-refractivity contribution in [3.63, 3.8) is 0 Å². The zero-order valence-corrected chi connectivity index (χ0v) is 24.3. The van der Waals surface area contributed by atoms with Crippen molar-refractivity contribution < 1.29 is 38.8 Å². The van der Waals surface area contributed by atoms with Gasteiger partial charge in [0, 0.05) is 53.1 Å². The number of aliphatic hydroxyl groups is 1. The third-order valence-corrected chi connectivity index (χ3v) is 7.55. The number of nitrogens with zero attached hydrogens (tertiary/aromatic N) is 2. The Balaban J connectivity index is 1.81. The first-order valence-corrected chi connectivity index (χ1v) is 13.7. The number of hydrogen-bond acceptors (Lipinski definition) is 7. The van der Waals surface area contributed by atoms with Crippen LogP contribution in [-0.4, -0.2) is 72.9 Å². The van der Waals surface area contributed by atoms with Crippen molar-refractivity contribution in [2.75, 3.05) is 38.8 Å². The Morgan fingerprint density at radius 3 is 2.51 bits per heavy atom. The Bertz CT molecular complexity index is 1340. The van der Waals surface area contributed by atoms with Crippen molar-refractivity contribution >= 4 is 35.1 Å². The number of methoxy groups -OCH3 is 2. The van der Waals surface area contributed by atoms with Crippen molar-refractivity contribution in [2.45, 2.75) is 38.9 Å². The molecule has 0 spiro atoms. The highest BCUT2D eigenvalue weighted by Crippen LogP contribution is 2.45. The molecule has 2 aliphatic heterocycles. The van der Waals surface area contributed by atoms with E-state index in [9.17, 15) is 24.6 Å². The molecule has 1 unspecified atom stereocenters. The minimum absolute atomic E-state index is 0.150. The van der Waals surface area contributed by atoms with E-state index >= 15 is 0 Å². The predicted octanol–water partition coefficient (Wildman–Crippen LogP) is 4.03. The van der Waals surface area contributed by atoms with Gasteiger partial charge in [0.2, 0.25) is 5.91 Å². The quantitative estimate of drug-likeness (QED) is 0.451. The first-order chi connectivity index (χ1) is 19.5. The number of rotatable bonds is 9. The van der Waals surface area contributed by atoms with Crippen LogP contribution in [0.2, 0.25) is 5.02 Å². The van der Waals surface area contributed by atoms with E-state index in [1.54, 1.807) is 41.3 Å². The summed E-state index contributed by atoms with van der Waals surface area (Å²) in [6.45, 7) is 3.85. The van der Waals surface area contributed by atoms with Crippen LogP contribution in [0.15, 0.2) is 48.7 Å². The molecular weight excluding hydrogens is 552 g/mol. The molecule has 41 heavy (non-hydrogen) atoms. The van der Waals surface area contributed by atoms with Crippen LogP contribution in [0.5, 0.6) is 11.5 Å². The average Bonchev–Trinajstić information content (AvgIpc) is 3.06. The second-order valence-corrected chi connectivity index (χ2v) is 11.3. The van der Waals surface area contributed by atoms with Crippen molar-refractivity contribution in [3.8, 4) is 11.5 Å². The molecule has 2 aromatic carbocycles. The number of aliphatic carboxylic acids is 1. The van der Waals surface area contributed by atoms with Crippen LogP contribution < -0.4 is 14.4 Å². The fourth-order valence-corrected chi connectivity index (χ4v) is 5.23. The van der Waals surface area contributed by atoms with Crippen LogP contribution in [-0.2, 0) is 19.1 Å². The van der Waals surface area contributed by atoms with Crippen molar-refractivity contribution in [1.29, 1.82) is 0 Å². The van der Waals surface area contributed by atoms with Gasteiger partial charge in [-0.25, -0.2) is 0 Å². The van der Waals surface area contributed by atoms with Gasteiger partial charge in [-0.05, 0) is 30.7 Å². The molecule has 10 nitrogen and oxygen atoms in total. The minimum atomic E-state index is -1.21. The van der Waals surface area contributed by atoms with Gasteiger partial charge in [-0.3, -0.25) is 14.4 Å². The summed E-state index contributed by atoms with van der Waals surface area (Å²) in [6, 6.07) is 10.4. The Labute approximate surface area is 244 Å². The maximum absolute atomic E-state index is 14.2. The summed E-state index contributed by atoms with van der Waals surface area (Å²) in [7, 11) is 3.03. The van der Waals surface area contributed by atoms with Gasteiger partial charge >= 0.3 is 5.97 Å². The number of anilines is 1. The summed E-state index contributed by atoms with van der Waals surface area (Å²) in [5, 5.41) is 19.7. The van der Waals surface area contributed by atoms with Crippen molar-refractivity contribution in [1.82, 2.24) is 4.90 Å². The van der Waals surface area contributed by atoms with E-state index in [-0.39, 0.29) is 38.4 Å². The standard InChI is InChI=1S/C30H35ClN2O8/c1-30(2,17-34)16-33-22-9-8-19(31)14-21(22)26(20-6-5-7-23(39-3)27(20)40-4)41-24(28(33)36)15-25(35)32-12-10-18(11-13-32)29(37)38/h5-10,12,14,18,24,26,34H,11,13,15-17H2,1-4H3,(H,37,38)/t18?,24-,26-/m1/s1. The average molecular weight is 587 g/mol. The topological polar surface area (TPSA) is 126 Å². The highest BCUT2D eigenvalue weighted by molar-refractivity contribution is 6.30. The molecule has 0 aromatic heterocycles. The highest BCUT2D eigenvalue weighted by atomic mass is 35.5. The molecule has 0 saturated heterocycles. The van der Waals surface area contributed by atoms with Crippen LogP contribution in [0.4, 0.5) is 5.69 Å². The van der Waals surface area contributed by atoms with E-state index < -0.39 is 35.4 Å². The van der Waals surface area contributed by atoms with Crippen LogP contribution in [0.25, 0.3) is 0 Å². The van der Waals surface area contributed by atoms with Gasteiger partial charge < -0.3 is 34.2 Å². The molecule has 0 radical (unpaired) electrons. The molecule has 2 N–H and O–H groups in total. The van der Waals surface area contributed by atoms with Crippen LogP contribution in [0, 0.1) is 11.3 Å². The number of carboxylic acids is 1. The third kappa shape index (κ3) is 6.50. The fraction of sp³-hybridized carbons (Fsp3) is 0.433. The molecule has 0 saturated carbocycles. The van der Waals surface area contributed by atoms with Gasteiger partial charge in [-0.15, -0.1) is 0 Å². The van der Waals surface area contributed by atoms with Crippen LogP contribution in [0.3, 0.4) is 0 Å². The number of fused-ring (bicyclic) bond motifs is 1. The van der Waals surface area contributed by atoms with E-state index in [4.69, 9.17) is 25.8 Å². The smallest absolute Gasteiger partial charge is 0.310 e. The molecule has 0 aliphatic carbocycles. The molecule has 0 fully saturated rings. The number of amides is 2. The van der Waals surface area contributed by atoms with Gasteiger partial charge in [-0.2, -0.15) is 0 Å². The summed E-state index contributed by atoms with van der Waals surface area (Å²) in [6.07, 6.45) is 0.816. The van der Waals surface area contributed by atoms with Crippen LogP contribution >= 0.6 is 11.6 Å². The summed E-state index contributed by atoms with van der Waals surface area (Å²) in [4.78, 5) is 41.9. The number of carbonyl (C=O) groups is 3. The number of hydrogen-bond donors (Lipinski definition) is 2. The lowest BCUT2D eigenvalue weighted by Crippen LogP contribution is -2.46. The number of carbonyl (C=O) groups excluding carboxylic acids is 2. The Kier molecular flexibility index (Phi) is 9.26. The van der Waals surface area contributed by atoms with E-state index in [0.29, 0.717) is 33.3 Å². The van der Waals surface area contributed by atoms with Crippen LogP contribution in [0.1, 0.15) is 43.9 Å². The largest absolute Gasteiger partial charge is 0.493 e. The number of ether oxygens (including phenoxy) is 3. The zero-order chi connectivity index (χ0) is 29.9. The van der Waals surface area contributed by atoms with E-state index in [1.807, 2.05) is 13.8 Å². The number of aliphatic hydroxyl groups excluding tert-OH is 1. The second-order valence-electron chi connectivity index (χ2n) is 10.9. The van der Waals surface area contributed by atoms with Gasteiger partial charge in [-0.1, -0.05) is 43.7 Å². The normalized spacial score (nSPS) is 20.8. The third-order valence-electron chi connectivity index (χ3n) is 7.31. The Hall–Kier alpha value is -3.60. The molecule has 11 heteroatoms. The number of benzene rings is 2. The van der Waals surface area contributed by atoms with Gasteiger partial charge in [0.25, 0.3) is 5.91 Å². The van der Waals surface area contributed by atoms with Crippen molar-refractivity contribution in [3.05, 3.63) is 64.8 Å².